The largest absolute Gasteiger partial charge is 0.342 e. The highest BCUT2D eigenvalue weighted by Crippen LogP contribution is 2.29. The van der Waals surface area contributed by atoms with Gasteiger partial charge in [0, 0.05) is 13.1 Å². The van der Waals surface area contributed by atoms with Gasteiger partial charge in [0.15, 0.2) is 0 Å². The van der Waals surface area contributed by atoms with E-state index in [0.29, 0.717) is 19.5 Å². The van der Waals surface area contributed by atoms with Gasteiger partial charge in [0.2, 0.25) is 5.91 Å². The van der Waals surface area contributed by atoms with E-state index >= 15 is 0 Å². The normalized spacial score (nSPS) is 18.1. The summed E-state index contributed by atoms with van der Waals surface area (Å²) in [5.74, 6) is 0.168. The molecular weight excluding hydrogens is 224 g/mol. The molecule has 0 bridgehead atoms. The van der Waals surface area contributed by atoms with E-state index in [9.17, 15) is 4.79 Å². The van der Waals surface area contributed by atoms with E-state index in [1.807, 2.05) is 42.2 Å². The Balaban J connectivity index is 1.91. The van der Waals surface area contributed by atoms with Crippen LogP contribution in [0.2, 0.25) is 0 Å². The van der Waals surface area contributed by atoms with Crippen LogP contribution in [0.3, 0.4) is 0 Å². The first-order chi connectivity index (χ1) is 8.63. The maximum absolute atomic E-state index is 12.1. The third-order valence-electron chi connectivity index (χ3n) is 3.69. The van der Waals surface area contributed by atoms with Crippen LogP contribution in [-0.2, 0) is 11.2 Å². The summed E-state index contributed by atoms with van der Waals surface area (Å²) in [6, 6.07) is 12.1. The quantitative estimate of drug-likeness (QED) is 0.799. The highest BCUT2D eigenvalue weighted by atomic mass is 16.2. The van der Waals surface area contributed by atoms with Crippen molar-refractivity contribution < 1.29 is 4.79 Å². The number of nitriles is 1. The molecule has 0 N–H and O–H groups in total. The Morgan fingerprint density at radius 3 is 2.50 bits per heavy atom. The van der Waals surface area contributed by atoms with Gasteiger partial charge in [0.25, 0.3) is 0 Å². The van der Waals surface area contributed by atoms with Gasteiger partial charge in [0.1, 0.15) is 0 Å². The van der Waals surface area contributed by atoms with Crippen molar-refractivity contribution in [1.29, 1.82) is 5.26 Å². The SMILES string of the molecule is CC1(C#N)CCN(C(=O)Cc2ccccc2)CC1. The molecule has 0 saturated carbocycles. The molecule has 0 atom stereocenters. The number of hydrogen-bond donors (Lipinski definition) is 0. The molecule has 0 radical (unpaired) electrons. The molecule has 2 rings (SSSR count). The summed E-state index contributed by atoms with van der Waals surface area (Å²) in [4.78, 5) is 14.0. The fourth-order valence-electron chi connectivity index (χ4n) is 2.24. The Hall–Kier alpha value is -1.82. The number of piperidine rings is 1. The smallest absolute Gasteiger partial charge is 0.226 e. The molecule has 0 spiro atoms. The van der Waals surface area contributed by atoms with Crippen LogP contribution in [0.25, 0.3) is 0 Å². The first-order valence-electron chi connectivity index (χ1n) is 6.36. The maximum Gasteiger partial charge on any atom is 0.226 e. The minimum Gasteiger partial charge on any atom is -0.342 e. The maximum atomic E-state index is 12.1. The topological polar surface area (TPSA) is 44.1 Å². The number of carbonyl (C=O) groups is 1. The van der Waals surface area contributed by atoms with Crippen LogP contribution < -0.4 is 0 Å². The zero-order valence-corrected chi connectivity index (χ0v) is 10.7. The third-order valence-corrected chi connectivity index (χ3v) is 3.69. The molecular formula is C15H18N2O. The summed E-state index contributed by atoms with van der Waals surface area (Å²) in [6.07, 6.45) is 2.03. The zero-order valence-electron chi connectivity index (χ0n) is 10.7. The minimum absolute atomic E-state index is 0.168. The average molecular weight is 242 g/mol. The predicted molar refractivity (Wildman–Crippen MR) is 69.7 cm³/mol. The zero-order chi connectivity index (χ0) is 13.0. The van der Waals surface area contributed by atoms with Gasteiger partial charge in [-0.25, -0.2) is 0 Å². The summed E-state index contributed by atoms with van der Waals surface area (Å²) in [5.41, 5.74) is 0.805. The Kier molecular flexibility index (Phi) is 3.66. The van der Waals surface area contributed by atoms with Gasteiger partial charge in [-0.1, -0.05) is 30.3 Å². The molecule has 3 nitrogen and oxygen atoms in total. The predicted octanol–water partition coefficient (Wildman–Crippen LogP) is 2.38. The van der Waals surface area contributed by atoms with Crippen molar-refractivity contribution in [3.8, 4) is 6.07 Å². The summed E-state index contributed by atoms with van der Waals surface area (Å²) in [7, 11) is 0. The lowest BCUT2D eigenvalue weighted by Crippen LogP contribution is -2.42. The molecule has 1 aromatic carbocycles. The summed E-state index contributed by atoms with van der Waals surface area (Å²) >= 11 is 0. The average Bonchev–Trinajstić information content (AvgIpc) is 2.40. The fourth-order valence-corrected chi connectivity index (χ4v) is 2.24. The van der Waals surface area contributed by atoms with Crippen LogP contribution in [0.4, 0.5) is 0 Å². The number of hydrogen-bond acceptors (Lipinski definition) is 2. The van der Waals surface area contributed by atoms with E-state index in [1.165, 1.54) is 0 Å². The van der Waals surface area contributed by atoms with Crippen molar-refractivity contribution in [3.63, 3.8) is 0 Å². The van der Waals surface area contributed by atoms with Gasteiger partial charge in [0.05, 0.1) is 17.9 Å². The summed E-state index contributed by atoms with van der Waals surface area (Å²) in [6.45, 7) is 3.39. The van der Waals surface area contributed by atoms with Crippen LogP contribution in [0.5, 0.6) is 0 Å². The van der Waals surface area contributed by atoms with Gasteiger partial charge in [-0.15, -0.1) is 0 Å². The Morgan fingerprint density at radius 1 is 1.33 bits per heavy atom. The molecule has 3 heteroatoms. The first-order valence-corrected chi connectivity index (χ1v) is 6.36. The van der Waals surface area contributed by atoms with Gasteiger partial charge < -0.3 is 4.90 Å². The lowest BCUT2D eigenvalue weighted by molar-refractivity contribution is -0.132. The molecule has 18 heavy (non-hydrogen) atoms. The number of benzene rings is 1. The molecule has 1 aliphatic rings. The van der Waals surface area contributed by atoms with Crippen molar-refractivity contribution in [2.24, 2.45) is 5.41 Å². The number of amides is 1. The van der Waals surface area contributed by atoms with E-state index in [-0.39, 0.29) is 11.3 Å². The van der Waals surface area contributed by atoms with E-state index in [4.69, 9.17) is 5.26 Å². The molecule has 0 unspecified atom stereocenters. The van der Waals surface area contributed by atoms with Crippen LogP contribution in [0, 0.1) is 16.7 Å². The third kappa shape index (κ3) is 2.89. The van der Waals surface area contributed by atoms with Crippen LogP contribution in [-0.4, -0.2) is 23.9 Å². The second-order valence-electron chi connectivity index (χ2n) is 5.22. The second-order valence-corrected chi connectivity index (χ2v) is 5.22. The van der Waals surface area contributed by atoms with E-state index in [2.05, 4.69) is 6.07 Å². The van der Waals surface area contributed by atoms with Gasteiger partial charge in [-0.05, 0) is 25.3 Å². The second kappa shape index (κ2) is 5.22. The number of carbonyl (C=O) groups excluding carboxylic acids is 1. The van der Waals surface area contributed by atoms with Gasteiger partial charge >= 0.3 is 0 Å². The summed E-state index contributed by atoms with van der Waals surface area (Å²) in [5, 5.41) is 9.06. The highest BCUT2D eigenvalue weighted by Gasteiger charge is 2.31. The number of likely N-dealkylation sites (tertiary alicyclic amines) is 1. The van der Waals surface area contributed by atoms with Crippen molar-refractivity contribution in [3.05, 3.63) is 35.9 Å². The van der Waals surface area contributed by atoms with Crippen molar-refractivity contribution in [1.82, 2.24) is 4.90 Å². The Bertz CT molecular complexity index is 453. The van der Waals surface area contributed by atoms with Gasteiger partial charge in [-0.2, -0.15) is 5.26 Å². The number of nitrogens with zero attached hydrogens (tertiary/aromatic N) is 2. The summed E-state index contributed by atoms with van der Waals surface area (Å²) < 4.78 is 0. The van der Waals surface area contributed by atoms with Crippen LogP contribution >= 0.6 is 0 Å². The lowest BCUT2D eigenvalue weighted by Gasteiger charge is -2.35. The molecule has 1 amide bonds. The van der Waals surface area contributed by atoms with Gasteiger partial charge in [-0.3, -0.25) is 4.79 Å². The van der Waals surface area contributed by atoms with Crippen LogP contribution in [0.1, 0.15) is 25.3 Å². The fraction of sp³-hybridized carbons (Fsp3) is 0.467. The molecule has 0 aromatic heterocycles. The van der Waals surface area contributed by atoms with Crippen molar-refractivity contribution in [2.75, 3.05) is 13.1 Å². The molecule has 1 saturated heterocycles. The Labute approximate surface area is 108 Å². The standard InChI is InChI=1S/C15H18N2O/c1-15(12-16)7-9-17(10-8-15)14(18)11-13-5-3-2-4-6-13/h2-6H,7-11H2,1H3. The molecule has 0 aliphatic carbocycles. The highest BCUT2D eigenvalue weighted by molar-refractivity contribution is 5.78. The van der Waals surface area contributed by atoms with Crippen molar-refractivity contribution >= 4 is 5.91 Å². The molecule has 94 valence electrons. The molecule has 1 heterocycles. The number of rotatable bonds is 2. The van der Waals surface area contributed by atoms with E-state index < -0.39 is 0 Å². The first kappa shape index (κ1) is 12.6. The van der Waals surface area contributed by atoms with Crippen molar-refractivity contribution in [2.45, 2.75) is 26.2 Å². The van der Waals surface area contributed by atoms with E-state index in [0.717, 1.165) is 18.4 Å². The minimum atomic E-state index is -0.247. The monoisotopic (exact) mass is 242 g/mol. The van der Waals surface area contributed by atoms with E-state index in [1.54, 1.807) is 0 Å². The Morgan fingerprint density at radius 2 is 1.94 bits per heavy atom. The molecule has 1 aliphatic heterocycles. The lowest BCUT2D eigenvalue weighted by atomic mass is 9.82. The molecule has 1 aromatic rings. The van der Waals surface area contributed by atoms with Crippen LogP contribution in [0.15, 0.2) is 30.3 Å². The molecule has 1 fully saturated rings.